The molecule has 0 aromatic carbocycles. The van der Waals surface area contributed by atoms with Crippen molar-refractivity contribution in [1.29, 1.82) is 0 Å². The van der Waals surface area contributed by atoms with E-state index in [4.69, 9.17) is 0 Å². The molecule has 0 bridgehead atoms. The second kappa shape index (κ2) is 8.79. The van der Waals surface area contributed by atoms with Crippen molar-refractivity contribution in [3.8, 4) is 0 Å². The smallest absolute Gasteiger partial charge is 0.140 e. The summed E-state index contributed by atoms with van der Waals surface area (Å²) in [6.45, 7) is 2.80. The van der Waals surface area contributed by atoms with Gasteiger partial charge < -0.3 is 0 Å². The molecule has 0 saturated heterocycles. The van der Waals surface area contributed by atoms with Crippen LogP contribution in [0.1, 0.15) is 58.8 Å². The number of hydrogen-bond donors (Lipinski definition) is 0. The first-order chi connectivity index (χ1) is 7.91. The van der Waals surface area contributed by atoms with Gasteiger partial charge in [0, 0.05) is 12.8 Å². The number of unbranched alkanes of at least 4 members (excludes halogenated alkanes) is 2. The Labute approximate surface area is 102 Å². The van der Waals surface area contributed by atoms with Gasteiger partial charge in [-0.2, -0.15) is 0 Å². The number of ketones is 4. The summed E-state index contributed by atoms with van der Waals surface area (Å²) in [4.78, 5) is 43.6. The Hall–Kier alpha value is -1.32. The molecule has 0 unspecified atom stereocenters. The third-order valence-electron chi connectivity index (χ3n) is 2.30. The standard InChI is InChI=1S/C13H20O4/c1-10(14)8-12(16)6-4-3-5-7-13(17)9-11(2)15/h3-9H2,1-2H3. The zero-order valence-corrected chi connectivity index (χ0v) is 10.6. The molecule has 0 rings (SSSR count). The lowest BCUT2D eigenvalue weighted by atomic mass is 10.0. The molecule has 4 heteroatoms. The average Bonchev–Trinajstić information content (AvgIpc) is 2.14. The fraction of sp³-hybridized carbons (Fsp3) is 0.692. The van der Waals surface area contributed by atoms with Gasteiger partial charge >= 0.3 is 0 Å². The SMILES string of the molecule is CC(=O)CC(=O)CCCCCC(=O)CC(C)=O. The van der Waals surface area contributed by atoms with Crippen molar-refractivity contribution < 1.29 is 19.2 Å². The molecule has 96 valence electrons. The maximum absolute atomic E-state index is 11.2. The van der Waals surface area contributed by atoms with Gasteiger partial charge in [-0.1, -0.05) is 6.42 Å². The van der Waals surface area contributed by atoms with Gasteiger partial charge in [0.1, 0.15) is 23.1 Å². The molecule has 0 saturated carbocycles. The van der Waals surface area contributed by atoms with Crippen LogP contribution in [0.4, 0.5) is 0 Å². The summed E-state index contributed by atoms with van der Waals surface area (Å²) < 4.78 is 0. The van der Waals surface area contributed by atoms with E-state index in [0.29, 0.717) is 25.7 Å². The third kappa shape index (κ3) is 11.0. The van der Waals surface area contributed by atoms with Gasteiger partial charge in [-0.3, -0.25) is 19.2 Å². The zero-order chi connectivity index (χ0) is 13.3. The molecular weight excluding hydrogens is 220 g/mol. The largest absolute Gasteiger partial charge is 0.300 e. The first kappa shape index (κ1) is 15.7. The highest BCUT2D eigenvalue weighted by Gasteiger charge is 2.07. The number of rotatable bonds is 10. The van der Waals surface area contributed by atoms with E-state index in [1.54, 1.807) is 0 Å². The zero-order valence-electron chi connectivity index (χ0n) is 10.6. The molecule has 0 N–H and O–H groups in total. The molecule has 0 radical (unpaired) electrons. The highest BCUT2D eigenvalue weighted by Crippen LogP contribution is 2.06. The van der Waals surface area contributed by atoms with Crippen molar-refractivity contribution in [3.05, 3.63) is 0 Å². The van der Waals surface area contributed by atoms with Crippen LogP contribution in [0, 0.1) is 0 Å². The minimum absolute atomic E-state index is 0.0171. The molecule has 17 heavy (non-hydrogen) atoms. The summed E-state index contributed by atoms with van der Waals surface area (Å²) in [5.41, 5.74) is 0. The van der Waals surface area contributed by atoms with Crippen molar-refractivity contribution in [2.45, 2.75) is 58.8 Å². The minimum atomic E-state index is -0.105. The van der Waals surface area contributed by atoms with Gasteiger partial charge in [0.15, 0.2) is 0 Å². The molecule has 0 aromatic rings. The number of carbonyl (C=O) groups excluding carboxylic acids is 4. The lowest BCUT2D eigenvalue weighted by molar-refractivity contribution is -0.127. The molecule has 0 atom stereocenters. The van der Waals surface area contributed by atoms with Crippen LogP contribution < -0.4 is 0 Å². The van der Waals surface area contributed by atoms with Crippen molar-refractivity contribution in [2.75, 3.05) is 0 Å². The van der Waals surface area contributed by atoms with Crippen LogP contribution in [0.2, 0.25) is 0 Å². The summed E-state index contributed by atoms with van der Waals surface area (Å²) in [5.74, 6) is -0.279. The van der Waals surface area contributed by atoms with Gasteiger partial charge in [0.2, 0.25) is 0 Å². The first-order valence-electron chi connectivity index (χ1n) is 5.94. The van der Waals surface area contributed by atoms with Gasteiger partial charge in [-0.25, -0.2) is 0 Å². The molecule has 0 spiro atoms. The van der Waals surface area contributed by atoms with Crippen molar-refractivity contribution in [2.24, 2.45) is 0 Å². The highest BCUT2D eigenvalue weighted by molar-refractivity contribution is 5.98. The fourth-order valence-corrected chi connectivity index (χ4v) is 1.55. The Bertz CT molecular complexity index is 275. The van der Waals surface area contributed by atoms with Crippen LogP contribution >= 0.6 is 0 Å². The lowest BCUT2D eigenvalue weighted by Gasteiger charge is -2.00. The number of Topliss-reactive ketones (excluding diaryl/α,β-unsaturated/α-hetero) is 4. The van der Waals surface area contributed by atoms with Crippen LogP contribution in [0.25, 0.3) is 0 Å². The van der Waals surface area contributed by atoms with E-state index in [2.05, 4.69) is 0 Å². The maximum Gasteiger partial charge on any atom is 0.140 e. The van der Waals surface area contributed by atoms with Gasteiger partial charge in [0.25, 0.3) is 0 Å². The quantitative estimate of drug-likeness (QED) is 0.433. The minimum Gasteiger partial charge on any atom is -0.300 e. The number of carbonyl (C=O) groups is 4. The summed E-state index contributed by atoms with van der Waals surface area (Å²) in [7, 11) is 0. The topological polar surface area (TPSA) is 68.3 Å². The lowest BCUT2D eigenvalue weighted by Crippen LogP contribution is -2.05. The first-order valence-corrected chi connectivity index (χ1v) is 5.94. The second-order valence-corrected chi connectivity index (χ2v) is 4.40. The maximum atomic E-state index is 11.2. The van der Waals surface area contributed by atoms with E-state index < -0.39 is 0 Å². The van der Waals surface area contributed by atoms with E-state index in [9.17, 15) is 19.2 Å². The molecule has 0 fully saturated rings. The fourth-order valence-electron chi connectivity index (χ4n) is 1.55. The van der Waals surface area contributed by atoms with Crippen molar-refractivity contribution in [1.82, 2.24) is 0 Å². The van der Waals surface area contributed by atoms with Crippen LogP contribution in [0.15, 0.2) is 0 Å². The van der Waals surface area contributed by atoms with Crippen molar-refractivity contribution in [3.63, 3.8) is 0 Å². The molecule has 0 aliphatic rings. The third-order valence-corrected chi connectivity index (χ3v) is 2.30. The summed E-state index contributed by atoms with van der Waals surface area (Å²) in [5, 5.41) is 0. The summed E-state index contributed by atoms with van der Waals surface area (Å²) in [6.07, 6.45) is 3.04. The van der Waals surface area contributed by atoms with E-state index in [0.717, 1.165) is 6.42 Å². The molecule has 0 heterocycles. The van der Waals surface area contributed by atoms with E-state index in [1.807, 2.05) is 0 Å². The summed E-state index contributed by atoms with van der Waals surface area (Å²) >= 11 is 0. The summed E-state index contributed by atoms with van der Waals surface area (Å²) in [6, 6.07) is 0. The Kier molecular flexibility index (Phi) is 8.11. The molecule has 0 aromatic heterocycles. The predicted molar refractivity (Wildman–Crippen MR) is 63.7 cm³/mol. The average molecular weight is 240 g/mol. The van der Waals surface area contributed by atoms with Gasteiger partial charge in [-0.15, -0.1) is 0 Å². The van der Waals surface area contributed by atoms with Crippen LogP contribution in [-0.4, -0.2) is 23.1 Å². The second-order valence-electron chi connectivity index (χ2n) is 4.40. The highest BCUT2D eigenvalue weighted by atomic mass is 16.2. The Morgan fingerprint density at radius 1 is 0.647 bits per heavy atom. The molecule has 4 nitrogen and oxygen atoms in total. The van der Waals surface area contributed by atoms with E-state index >= 15 is 0 Å². The predicted octanol–water partition coefficient (Wildman–Crippen LogP) is 2.03. The van der Waals surface area contributed by atoms with Crippen molar-refractivity contribution >= 4 is 23.1 Å². The normalized spacial score (nSPS) is 10.0. The molecule has 0 aliphatic carbocycles. The van der Waals surface area contributed by atoms with E-state index in [-0.39, 0.29) is 36.0 Å². The van der Waals surface area contributed by atoms with Crippen LogP contribution in [-0.2, 0) is 19.2 Å². The number of hydrogen-bond acceptors (Lipinski definition) is 4. The van der Waals surface area contributed by atoms with Gasteiger partial charge in [0.05, 0.1) is 12.8 Å². The molecular formula is C13H20O4. The Morgan fingerprint density at radius 2 is 1.00 bits per heavy atom. The monoisotopic (exact) mass is 240 g/mol. The van der Waals surface area contributed by atoms with Gasteiger partial charge in [-0.05, 0) is 26.7 Å². The van der Waals surface area contributed by atoms with E-state index in [1.165, 1.54) is 13.8 Å². The Morgan fingerprint density at radius 3 is 1.29 bits per heavy atom. The Balaban J connectivity index is 3.46. The van der Waals surface area contributed by atoms with Crippen LogP contribution in [0.5, 0.6) is 0 Å². The molecule has 0 amide bonds. The molecule has 0 aliphatic heterocycles. The van der Waals surface area contributed by atoms with Crippen LogP contribution in [0.3, 0.4) is 0 Å².